The fourth-order valence-corrected chi connectivity index (χ4v) is 4.76. The third kappa shape index (κ3) is 10.7. The maximum absolute atomic E-state index is 12.3. The van der Waals surface area contributed by atoms with Crippen LogP contribution in [0.25, 0.3) is 6.08 Å². The van der Waals surface area contributed by atoms with Gasteiger partial charge in [0.15, 0.2) is 0 Å². The van der Waals surface area contributed by atoms with Crippen molar-refractivity contribution >= 4 is 18.0 Å². The largest absolute Gasteiger partial charge is 0.493 e. The molecular weight excluding hydrogens is 500 g/mol. The van der Waals surface area contributed by atoms with Crippen LogP contribution in [0.15, 0.2) is 84.9 Å². The Morgan fingerprint density at radius 3 is 2.33 bits per heavy atom. The third-order valence-electron chi connectivity index (χ3n) is 7.02. The van der Waals surface area contributed by atoms with Gasteiger partial charge in [-0.05, 0) is 74.1 Å². The Kier molecular flexibility index (Phi) is 13.6. The average molecular weight is 543 g/mol. The number of aryl methyl sites for hydroxylation is 1. The van der Waals surface area contributed by atoms with Gasteiger partial charge >= 0.3 is 11.9 Å². The maximum atomic E-state index is 12.3. The molecule has 3 aromatic rings. The zero-order valence-corrected chi connectivity index (χ0v) is 23.8. The first-order valence-electron chi connectivity index (χ1n) is 14.3. The average Bonchev–Trinajstić information content (AvgIpc) is 3.00. The zero-order chi connectivity index (χ0) is 28.4. The van der Waals surface area contributed by atoms with E-state index < -0.39 is 0 Å². The van der Waals surface area contributed by atoms with Crippen LogP contribution in [0.5, 0.6) is 5.75 Å². The molecule has 0 radical (unpaired) electrons. The van der Waals surface area contributed by atoms with Crippen LogP contribution in [0, 0.1) is 5.92 Å². The number of carbonyl (C=O) groups excluding carboxylic acids is 2. The monoisotopic (exact) mass is 542 g/mol. The lowest BCUT2D eigenvalue weighted by Gasteiger charge is -2.16. The van der Waals surface area contributed by atoms with E-state index in [0.717, 1.165) is 61.8 Å². The van der Waals surface area contributed by atoms with Gasteiger partial charge in [0.05, 0.1) is 26.4 Å². The van der Waals surface area contributed by atoms with Crippen LogP contribution in [0.3, 0.4) is 0 Å². The first-order chi connectivity index (χ1) is 19.6. The number of rotatable bonds is 17. The number of carbonyl (C=O) groups is 2. The summed E-state index contributed by atoms with van der Waals surface area (Å²) in [4.78, 5) is 23.9. The molecule has 0 heterocycles. The summed E-state index contributed by atoms with van der Waals surface area (Å²) in [6.07, 6.45) is 12.3. The fourth-order valence-electron chi connectivity index (χ4n) is 4.76. The van der Waals surface area contributed by atoms with Gasteiger partial charge in [-0.25, -0.2) is 4.79 Å². The first kappa shape index (κ1) is 30.7. The van der Waals surface area contributed by atoms with Crippen molar-refractivity contribution in [1.82, 2.24) is 0 Å². The van der Waals surface area contributed by atoms with E-state index in [4.69, 9.17) is 14.2 Å². The minimum Gasteiger partial charge on any atom is -0.493 e. The molecule has 212 valence electrons. The van der Waals surface area contributed by atoms with E-state index >= 15 is 0 Å². The Hall–Kier alpha value is -3.86. The van der Waals surface area contributed by atoms with Gasteiger partial charge in [-0.15, -0.1) is 0 Å². The van der Waals surface area contributed by atoms with Crippen LogP contribution in [0.4, 0.5) is 0 Å². The van der Waals surface area contributed by atoms with E-state index in [1.54, 1.807) is 0 Å². The summed E-state index contributed by atoms with van der Waals surface area (Å²) >= 11 is 0. The van der Waals surface area contributed by atoms with Crippen LogP contribution < -0.4 is 4.74 Å². The molecule has 0 saturated carbocycles. The van der Waals surface area contributed by atoms with Crippen molar-refractivity contribution in [1.29, 1.82) is 0 Å². The molecule has 0 N–H and O–H groups in total. The number of allylic oxidation sites excluding steroid dienone is 1. The third-order valence-corrected chi connectivity index (χ3v) is 7.02. The molecule has 0 amide bonds. The number of hydrogen-bond donors (Lipinski definition) is 0. The molecule has 0 aliphatic heterocycles. The minimum atomic E-state index is -0.327. The van der Waals surface area contributed by atoms with Crippen molar-refractivity contribution in [3.05, 3.63) is 107 Å². The van der Waals surface area contributed by atoms with Gasteiger partial charge in [-0.3, -0.25) is 4.79 Å². The molecule has 1 unspecified atom stereocenters. The Balaban J connectivity index is 1.61. The molecular formula is C35H42O5. The lowest BCUT2D eigenvalue weighted by molar-refractivity contribution is -0.140. The standard InChI is InChI=1S/C35H42O5/c1-38-34(36)23-13-8-18-29(27-31-20-9-11-21-32(31)35(37)39-2)24-25-30-19-10-12-22-33(30)40-26-14-4-7-17-28-15-5-3-6-16-28/h3,5-6,9-12,15-16,19-22,24-25,29H,4,7-8,13-14,17-18,23,26-27H2,1-2H3/b25-24+. The number of methoxy groups -OCH3 is 2. The summed E-state index contributed by atoms with van der Waals surface area (Å²) in [5.41, 5.74) is 3.96. The number of para-hydroxylation sites is 1. The number of esters is 2. The smallest absolute Gasteiger partial charge is 0.338 e. The number of hydrogen-bond acceptors (Lipinski definition) is 5. The van der Waals surface area contributed by atoms with Gasteiger partial charge in [0.1, 0.15) is 5.75 Å². The molecule has 0 aromatic heterocycles. The molecule has 1 atom stereocenters. The summed E-state index contributed by atoms with van der Waals surface area (Å²) < 4.78 is 16.0. The molecule has 0 bridgehead atoms. The van der Waals surface area contributed by atoms with E-state index in [9.17, 15) is 9.59 Å². The fraction of sp³-hybridized carbons (Fsp3) is 0.371. The minimum absolute atomic E-state index is 0.175. The Morgan fingerprint density at radius 1 is 0.775 bits per heavy atom. The van der Waals surface area contributed by atoms with E-state index in [2.05, 4.69) is 48.6 Å². The summed E-state index contributed by atoms with van der Waals surface area (Å²) in [5, 5.41) is 0. The van der Waals surface area contributed by atoms with E-state index in [1.807, 2.05) is 42.5 Å². The van der Waals surface area contributed by atoms with Crippen LogP contribution >= 0.6 is 0 Å². The zero-order valence-electron chi connectivity index (χ0n) is 23.8. The van der Waals surface area contributed by atoms with Gasteiger partial charge in [-0.2, -0.15) is 0 Å². The Morgan fingerprint density at radius 2 is 1.52 bits per heavy atom. The SMILES string of the molecule is COC(=O)CCCCC(/C=C/c1ccccc1OCCCCCc1ccccc1)Cc1ccccc1C(=O)OC. The Labute approximate surface area is 239 Å². The number of unbranched alkanes of at least 4 members (excludes halogenated alkanes) is 3. The highest BCUT2D eigenvalue weighted by Crippen LogP contribution is 2.25. The number of ether oxygens (including phenoxy) is 3. The summed E-state index contributed by atoms with van der Waals surface area (Å²) in [6.45, 7) is 0.684. The van der Waals surface area contributed by atoms with Crippen LogP contribution in [-0.4, -0.2) is 32.8 Å². The summed E-state index contributed by atoms with van der Waals surface area (Å²) in [5.74, 6) is 0.538. The first-order valence-corrected chi connectivity index (χ1v) is 14.3. The summed E-state index contributed by atoms with van der Waals surface area (Å²) in [6, 6.07) is 26.3. The van der Waals surface area contributed by atoms with E-state index in [1.165, 1.54) is 19.8 Å². The highest BCUT2D eigenvalue weighted by Gasteiger charge is 2.15. The normalized spacial score (nSPS) is 11.8. The van der Waals surface area contributed by atoms with Crippen molar-refractivity contribution in [2.24, 2.45) is 5.92 Å². The predicted molar refractivity (Wildman–Crippen MR) is 160 cm³/mol. The topological polar surface area (TPSA) is 61.8 Å². The second kappa shape index (κ2) is 17.7. The van der Waals surface area contributed by atoms with Crippen LogP contribution in [0.1, 0.15) is 72.0 Å². The maximum Gasteiger partial charge on any atom is 0.338 e. The molecule has 0 spiro atoms. The molecule has 5 nitrogen and oxygen atoms in total. The molecule has 3 aromatic carbocycles. The van der Waals surface area contributed by atoms with Crippen molar-refractivity contribution in [3.8, 4) is 5.75 Å². The second-order valence-electron chi connectivity index (χ2n) is 9.98. The predicted octanol–water partition coefficient (Wildman–Crippen LogP) is 7.87. The molecule has 0 saturated heterocycles. The molecule has 0 fully saturated rings. The lowest BCUT2D eigenvalue weighted by atomic mass is 9.90. The summed E-state index contributed by atoms with van der Waals surface area (Å²) in [7, 11) is 2.82. The van der Waals surface area contributed by atoms with Gasteiger partial charge < -0.3 is 14.2 Å². The van der Waals surface area contributed by atoms with Crippen molar-refractivity contribution in [3.63, 3.8) is 0 Å². The second-order valence-corrected chi connectivity index (χ2v) is 9.98. The van der Waals surface area contributed by atoms with Crippen molar-refractivity contribution in [2.75, 3.05) is 20.8 Å². The Bertz CT molecular complexity index is 1200. The van der Waals surface area contributed by atoms with Crippen LogP contribution in [0.2, 0.25) is 0 Å². The van der Waals surface area contributed by atoms with Gasteiger partial charge in [-0.1, -0.05) is 85.3 Å². The van der Waals surface area contributed by atoms with Gasteiger partial charge in [0.25, 0.3) is 0 Å². The molecule has 5 heteroatoms. The molecule has 0 aliphatic rings. The van der Waals surface area contributed by atoms with E-state index in [0.29, 0.717) is 25.0 Å². The quantitative estimate of drug-likeness (QED) is 0.128. The molecule has 3 rings (SSSR count). The van der Waals surface area contributed by atoms with Gasteiger partial charge in [0.2, 0.25) is 0 Å². The lowest BCUT2D eigenvalue weighted by Crippen LogP contribution is -2.10. The number of benzene rings is 3. The van der Waals surface area contributed by atoms with Gasteiger partial charge in [0, 0.05) is 12.0 Å². The molecule has 0 aliphatic carbocycles. The highest BCUT2D eigenvalue weighted by atomic mass is 16.5. The highest BCUT2D eigenvalue weighted by molar-refractivity contribution is 5.91. The molecule has 40 heavy (non-hydrogen) atoms. The van der Waals surface area contributed by atoms with E-state index in [-0.39, 0.29) is 17.9 Å². The van der Waals surface area contributed by atoms with Crippen molar-refractivity contribution in [2.45, 2.75) is 57.8 Å². The van der Waals surface area contributed by atoms with Crippen LogP contribution in [-0.2, 0) is 27.1 Å². The van der Waals surface area contributed by atoms with Crippen molar-refractivity contribution < 1.29 is 23.8 Å².